The Morgan fingerprint density at radius 1 is 1.15 bits per heavy atom. The van der Waals surface area contributed by atoms with E-state index in [9.17, 15) is 9.18 Å². The second-order valence-electron chi connectivity index (χ2n) is 5.61. The maximum absolute atomic E-state index is 14.0. The standard InChI is InChI=1S/C18H18FN5O3/c1-26-16-6-3-12(9-17(16)27-2)7-8-20-18(25)14-10-13(4-5-15(14)19)24-11-21-22-23-24/h3-6,9-11H,7-8H2,1-2H3,(H,20,25). The van der Waals surface area contributed by atoms with Crippen LogP contribution < -0.4 is 14.8 Å². The molecule has 1 amide bonds. The number of aromatic nitrogens is 4. The van der Waals surface area contributed by atoms with E-state index in [1.807, 2.05) is 12.1 Å². The number of nitrogens with one attached hydrogen (secondary N) is 1. The van der Waals surface area contributed by atoms with Gasteiger partial charge in [0.2, 0.25) is 0 Å². The Morgan fingerprint density at radius 3 is 2.67 bits per heavy atom. The number of nitrogens with zero attached hydrogens (tertiary/aromatic N) is 4. The third kappa shape index (κ3) is 4.20. The van der Waals surface area contributed by atoms with Gasteiger partial charge < -0.3 is 14.8 Å². The quantitative estimate of drug-likeness (QED) is 0.681. The molecule has 0 fully saturated rings. The van der Waals surface area contributed by atoms with Crippen molar-refractivity contribution in [2.45, 2.75) is 6.42 Å². The van der Waals surface area contributed by atoms with Crippen molar-refractivity contribution in [2.24, 2.45) is 0 Å². The van der Waals surface area contributed by atoms with E-state index in [-0.39, 0.29) is 5.56 Å². The summed E-state index contributed by atoms with van der Waals surface area (Å²) in [4.78, 5) is 12.3. The first-order valence-electron chi connectivity index (χ1n) is 8.14. The Bertz CT molecular complexity index is 931. The van der Waals surface area contributed by atoms with Crippen LogP contribution in [0.5, 0.6) is 11.5 Å². The number of hydrogen-bond acceptors (Lipinski definition) is 6. The SMILES string of the molecule is COc1ccc(CCNC(=O)c2cc(-n3cnnn3)ccc2F)cc1OC. The van der Waals surface area contributed by atoms with Crippen molar-refractivity contribution in [1.82, 2.24) is 25.5 Å². The number of amides is 1. The summed E-state index contributed by atoms with van der Waals surface area (Å²) in [6, 6.07) is 9.62. The summed E-state index contributed by atoms with van der Waals surface area (Å²) in [5.74, 6) is 0.117. The van der Waals surface area contributed by atoms with Crippen LogP contribution in [0.4, 0.5) is 4.39 Å². The molecule has 3 aromatic rings. The lowest BCUT2D eigenvalue weighted by molar-refractivity contribution is 0.0950. The van der Waals surface area contributed by atoms with Gasteiger partial charge in [-0.3, -0.25) is 4.79 Å². The summed E-state index contributed by atoms with van der Waals surface area (Å²) >= 11 is 0. The molecule has 1 heterocycles. The van der Waals surface area contributed by atoms with Gasteiger partial charge in [-0.05, 0) is 52.7 Å². The number of halogens is 1. The van der Waals surface area contributed by atoms with Crippen molar-refractivity contribution >= 4 is 5.91 Å². The molecule has 3 rings (SSSR count). The average molecular weight is 371 g/mol. The van der Waals surface area contributed by atoms with Gasteiger partial charge in [-0.2, -0.15) is 0 Å². The van der Waals surface area contributed by atoms with Gasteiger partial charge in [0.05, 0.1) is 25.5 Å². The summed E-state index contributed by atoms with van der Waals surface area (Å²) in [7, 11) is 3.12. The highest BCUT2D eigenvalue weighted by Gasteiger charge is 2.13. The molecular formula is C18H18FN5O3. The van der Waals surface area contributed by atoms with Crippen LogP contribution in [0.25, 0.3) is 5.69 Å². The molecule has 2 aromatic carbocycles. The van der Waals surface area contributed by atoms with Crippen LogP contribution in [-0.2, 0) is 6.42 Å². The number of carbonyl (C=O) groups excluding carboxylic acids is 1. The monoisotopic (exact) mass is 371 g/mol. The average Bonchev–Trinajstić information content (AvgIpc) is 3.23. The fourth-order valence-corrected chi connectivity index (χ4v) is 2.56. The molecule has 27 heavy (non-hydrogen) atoms. The van der Waals surface area contributed by atoms with E-state index in [4.69, 9.17) is 9.47 Å². The maximum atomic E-state index is 14.0. The van der Waals surface area contributed by atoms with Crippen LogP contribution in [0.1, 0.15) is 15.9 Å². The van der Waals surface area contributed by atoms with E-state index >= 15 is 0 Å². The van der Waals surface area contributed by atoms with E-state index in [0.717, 1.165) is 5.56 Å². The second-order valence-corrected chi connectivity index (χ2v) is 5.61. The Balaban J connectivity index is 1.65. The number of ether oxygens (including phenoxy) is 2. The fraction of sp³-hybridized carbons (Fsp3) is 0.222. The zero-order chi connectivity index (χ0) is 19.2. The summed E-state index contributed by atoms with van der Waals surface area (Å²) in [6.07, 6.45) is 1.92. The van der Waals surface area contributed by atoms with Crippen LogP contribution in [0.15, 0.2) is 42.7 Å². The summed E-state index contributed by atoms with van der Waals surface area (Å²) < 4.78 is 25.8. The van der Waals surface area contributed by atoms with Crippen molar-refractivity contribution in [2.75, 3.05) is 20.8 Å². The topological polar surface area (TPSA) is 91.2 Å². The van der Waals surface area contributed by atoms with E-state index in [1.165, 1.54) is 29.2 Å². The Kier molecular flexibility index (Phi) is 5.60. The lowest BCUT2D eigenvalue weighted by Crippen LogP contribution is -2.26. The molecule has 0 unspecified atom stereocenters. The number of rotatable bonds is 7. The molecule has 0 spiro atoms. The van der Waals surface area contributed by atoms with Gasteiger partial charge in [-0.25, -0.2) is 9.07 Å². The Hall–Kier alpha value is -3.49. The number of tetrazole rings is 1. The van der Waals surface area contributed by atoms with Crippen molar-refractivity contribution in [1.29, 1.82) is 0 Å². The predicted molar refractivity (Wildman–Crippen MR) is 94.7 cm³/mol. The highest BCUT2D eigenvalue weighted by Crippen LogP contribution is 2.27. The third-order valence-corrected chi connectivity index (χ3v) is 3.96. The molecule has 0 bridgehead atoms. The number of benzene rings is 2. The molecule has 1 N–H and O–H groups in total. The summed E-state index contributed by atoms with van der Waals surface area (Å²) in [5.41, 5.74) is 1.37. The van der Waals surface area contributed by atoms with Gasteiger partial charge in [0, 0.05) is 6.54 Å². The lowest BCUT2D eigenvalue weighted by Gasteiger charge is -2.10. The fourth-order valence-electron chi connectivity index (χ4n) is 2.56. The van der Waals surface area contributed by atoms with Gasteiger partial charge >= 0.3 is 0 Å². The highest BCUT2D eigenvalue weighted by molar-refractivity contribution is 5.95. The molecule has 9 heteroatoms. The zero-order valence-electron chi connectivity index (χ0n) is 14.8. The first-order chi connectivity index (χ1) is 13.1. The largest absolute Gasteiger partial charge is 0.493 e. The molecule has 0 radical (unpaired) electrons. The van der Waals surface area contributed by atoms with Gasteiger partial charge in [0.1, 0.15) is 12.1 Å². The predicted octanol–water partition coefficient (Wildman–Crippen LogP) is 1.79. The van der Waals surface area contributed by atoms with Crippen LogP contribution in [0.3, 0.4) is 0 Å². The highest BCUT2D eigenvalue weighted by atomic mass is 19.1. The smallest absolute Gasteiger partial charge is 0.254 e. The van der Waals surface area contributed by atoms with Gasteiger partial charge in [0.15, 0.2) is 11.5 Å². The van der Waals surface area contributed by atoms with Gasteiger partial charge in [-0.1, -0.05) is 6.07 Å². The molecule has 0 saturated heterocycles. The molecule has 8 nitrogen and oxygen atoms in total. The Labute approximate surface area is 154 Å². The molecule has 0 aliphatic carbocycles. The minimum Gasteiger partial charge on any atom is -0.493 e. The molecule has 1 aromatic heterocycles. The number of hydrogen-bond donors (Lipinski definition) is 1. The number of methoxy groups -OCH3 is 2. The molecule has 140 valence electrons. The van der Waals surface area contributed by atoms with E-state index in [2.05, 4.69) is 20.8 Å². The normalized spacial score (nSPS) is 10.5. The molecule has 0 aliphatic rings. The maximum Gasteiger partial charge on any atom is 0.254 e. The van der Waals surface area contributed by atoms with Crippen LogP contribution in [-0.4, -0.2) is 46.9 Å². The van der Waals surface area contributed by atoms with E-state index in [0.29, 0.717) is 30.2 Å². The van der Waals surface area contributed by atoms with Crippen molar-refractivity contribution in [3.05, 3.63) is 59.7 Å². The molecule has 0 saturated carbocycles. The van der Waals surface area contributed by atoms with E-state index in [1.54, 1.807) is 20.3 Å². The second kappa shape index (κ2) is 8.26. The molecule has 0 aliphatic heterocycles. The third-order valence-electron chi connectivity index (χ3n) is 3.96. The van der Waals surface area contributed by atoms with Gasteiger partial charge in [-0.15, -0.1) is 5.10 Å². The molecular weight excluding hydrogens is 353 g/mol. The Morgan fingerprint density at radius 2 is 1.96 bits per heavy atom. The van der Waals surface area contributed by atoms with Crippen molar-refractivity contribution in [3.8, 4) is 17.2 Å². The lowest BCUT2D eigenvalue weighted by atomic mass is 10.1. The van der Waals surface area contributed by atoms with Crippen LogP contribution in [0, 0.1) is 5.82 Å². The molecule has 0 atom stereocenters. The van der Waals surface area contributed by atoms with Gasteiger partial charge in [0.25, 0.3) is 5.91 Å². The van der Waals surface area contributed by atoms with Crippen LogP contribution >= 0.6 is 0 Å². The summed E-state index contributed by atoms with van der Waals surface area (Å²) in [5, 5.41) is 13.5. The first-order valence-corrected chi connectivity index (χ1v) is 8.14. The first kappa shape index (κ1) is 18.3. The van der Waals surface area contributed by atoms with E-state index < -0.39 is 11.7 Å². The minimum atomic E-state index is -0.615. The number of carbonyl (C=O) groups is 1. The van der Waals surface area contributed by atoms with Crippen molar-refractivity contribution < 1.29 is 18.7 Å². The van der Waals surface area contributed by atoms with Crippen molar-refractivity contribution in [3.63, 3.8) is 0 Å². The van der Waals surface area contributed by atoms with Crippen LogP contribution in [0.2, 0.25) is 0 Å². The zero-order valence-corrected chi connectivity index (χ0v) is 14.8. The summed E-state index contributed by atoms with van der Waals surface area (Å²) in [6.45, 7) is 0.336. The minimum absolute atomic E-state index is 0.0738.